The summed E-state index contributed by atoms with van der Waals surface area (Å²) in [5.74, 6) is 0.0755. The molecular weight excluding hydrogens is 220 g/mol. The lowest BCUT2D eigenvalue weighted by atomic mass is 10.3. The number of hydrogen-bond acceptors (Lipinski definition) is 6. The number of nitrogen functional groups attached to an aromatic ring is 1. The largest absolute Gasteiger partial charge is 0.462 e. The van der Waals surface area contributed by atoms with Crippen LogP contribution in [0.25, 0.3) is 0 Å². The van der Waals surface area contributed by atoms with Crippen molar-refractivity contribution in [2.75, 3.05) is 24.2 Å². The third-order valence-electron chi connectivity index (χ3n) is 2.13. The first-order valence-corrected chi connectivity index (χ1v) is 5.72. The van der Waals surface area contributed by atoms with Gasteiger partial charge in [-0.25, -0.2) is 9.78 Å². The summed E-state index contributed by atoms with van der Waals surface area (Å²) in [4.78, 5) is 19.4. The van der Waals surface area contributed by atoms with Gasteiger partial charge in [0, 0.05) is 12.7 Å². The van der Waals surface area contributed by atoms with Crippen molar-refractivity contribution in [1.29, 1.82) is 0 Å². The molecule has 0 aliphatic carbocycles. The van der Waals surface area contributed by atoms with Crippen molar-refractivity contribution in [3.05, 3.63) is 11.8 Å². The first-order valence-electron chi connectivity index (χ1n) is 5.72. The summed E-state index contributed by atoms with van der Waals surface area (Å²) in [5.41, 5.74) is 5.87. The highest BCUT2D eigenvalue weighted by Gasteiger charge is 2.13. The van der Waals surface area contributed by atoms with Crippen LogP contribution in [0, 0.1) is 0 Å². The number of carbonyl (C=O) groups excluding carboxylic acids is 1. The van der Waals surface area contributed by atoms with Crippen LogP contribution >= 0.6 is 0 Å². The fourth-order valence-electron chi connectivity index (χ4n) is 1.22. The van der Waals surface area contributed by atoms with Gasteiger partial charge < -0.3 is 15.8 Å². The minimum Gasteiger partial charge on any atom is -0.462 e. The maximum absolute atomic E-state index is 11.4. The summed E-state index contributed by atoms with van der Waals surface area (Å²) in [6, 6.07) is 0. The number of esters is 1. The molecule has 0 unspecified atom stereocenters. The zero-order chi connectivity index (χ0) is 12.7. The topological polar surface area (TPSA) is 90.1 Å². The zero-order valence-electron chi connectivity index (χ0n) is 10.2. The number of unbranched alkanes of at least 4 members (excludes halogenated alkanes) is 1. The van der Waals surface area contributed by atoms with Gasteiger partial charge in [0.15, 0.2) is 0 Å². The van der Waals surface area contributed by atoms with E-state index < -0.39 is 5.97 Å². The first kappa shape index (κ1) is 13.2. The Hall–Kier alpha value is -1.85. The number of nitrogens with one attached hydrogen (secondary N) is 1. The Morgan fingerprint density at radius 2 is 2.29 bits per heavy atom. The molecule has 6 nitrogen and oxygen atoms in total. The molecule has 0 radical (unpaired) electrons. The molecule has 0 saturated heterocycles. The second-order valence-electron chi connectivity index (χ2n) is 3.49. The Bertz CT molecular complexity index is 382. The van der Waals surface area contributed by atoms with Crippen molar-refractivity contribution < 1.29 is 9.53 Å². The first-order chi connectivity index (χ1) is 8.19. The molecule has 0 saturated carbocycles. The lowest BCUT2D eigenvalue weighted by molar-refractivity contribution is 0.0527. The van der Waals surface area contributed by atoms with Crippen molar-refractivity contribution in [3.8, 4) is 0 Å². The van der Waals surface area contributed by atoms with Crippen LogP contribution in [0.1, 0.15) is 37.0 Å². The van der Waals surface area contributed by atoms with Crippen LogP contribution in [-0.2, 0) is 4.74 Å². The Kier molecular flexibility index (Phi) is 5.19. The van der Waals surface area contributed by atoms with E-state index in [0.717, 1.165) is 19.4 Å². The van der Waals surface area contributed by atoms with Crippen LogP contribution in [0.2, 0.25) is 0 Å². The molecule has 1 aromatic heterocycles. The van der Waals surface area contributed by atoms with E-state index in [1.165, 1.54) is 6.20 Å². The summed E-state index contributed by atoms with van der Waals surface area (Å²) in [6.45, 7) is 4.92. The fourth-order valence-corrected chi connectivity index (χ4v) is 1.22. The third-order valence-corrected chi connectivity index (χ3v) is 2.13. The van der Waals surface area contributed by atoms with Gasteiger partial charge in [-0.05, 0) is 13.3 Å². The highest BCUT2D eigenvalue weighted by atomic mass is 16.5. The predicted octanol–water partition coefficient (Wildman–Crippen LogP) is 1.45. The van der Waals surface area contributed by atoms with Crippen LogP contribution in [0.15, 0.2) is 6.20 Å². The van der Waals surface area contributed by atoms with E-state index >= 15 is 0 Å². The molecule has 1 heterocycles. The smallest absolute Gasteiger partial charge is 0.343 e. The number of rotatable bonds is 6. The van der Waals surface area contributed by atoms with E-state index in [0.29, 0.717) is 12.6 Å². The molecule has 0 amide bonds. The Labute approximate surface area is 101 Å². The molecule has 1 rings (SSSR count). The van der Waals surface area contributed by atoms with Crippen LogP contribution in [0.4, 0.5) is 11.8 Å². The van der Waals surface area contributed by atoms with E-state index in [9.17, 15) is 4.79 Å². The molecule has 17 heavy (non-hydrogen) atoms. The number of anilines is 2. The molecule has 0 atom stereocenters. The predicted molar refractivity (Wildman–Crippen MR) is 65.8 cm³/mol. The minimum atomic E-state index is -0.495. The molecule has 0 aliphatic rings. The summed E-state index contributed by atoms with van der Waals surface area (Å²) in [7, 11) is 0. The molecule has 0 aromatic carbocycles. The Morgan fingerprint density at radius 1 is 1.53 bits per heavy atom. The lowest BCUT2D eigenvalue weighted by Crippen LogP contribution is -2.12. The van der Waals surface area contributed by atoms with Gasteiger partial charge in [-0.15, -0.1) is 0 Å². The average molecular weight is 238 g/mol. The number of nitrogens with zero attached hydrogens (tertiary/aromatic N) is 2. The standard InChI is InChI=1S/C11H18N4O2/c1-3-5-6-13-11-14-7-8(9(12)15-11)10(16)17-4-2/h7H,3-6H2,1-2H3,(H3,12,13,14,15). The maximum atomic E-state index is 11.4. The average Bonchev–Trinajstić information content (AvgIpc) is 2.29. The van der Waals surface area contributed by atoms with Gasteiger partial charge in [0.05, 0.1) is 6.61 Å². The van der Waals surface area contributed by atoms with E-state index in [4.69, 9.17) is 10.5 Å². The van der Waals surface area contributed by atoms with Crippen molar-refractivity contribution in [3.63, 3.8) is 0 Å². The number of nitrogens with two attached hydrogens (primary N) is 1. The molecule has 0 spiro atoms. The van der Waals surface area contributed by atoms with E-state index in [1.807, 2.05) is 0 Å². The van der Waals surface area contributed by atoms with Crippen LogP contribution in [0.5, 0.6) is 0 Å². The highest BCUT2D eigenvalue weighted by molar-refractivity contribution is 5.93. The van der Waals surface area contributed by atoms with Crippen LogP contribution in [-0.4, -0.2) is 29.1 Å². The lowest BCUT2D eigenvalue weighted by Gasteiger charge is -2.07. The van der Waals surface area contributed by atoms with E-state index in [2.05, 4.69) is 22.2 Å². The molecule has 0 fully saturated rings. The van der Waals surface area contributed by atoms with Gasteiger partial charge in [-0.3, -0.25) is 0 Å². The maximum Gasteiger partial charge on any atom is 0.343 e. The molecule has 94 valence electrons. The normalized spacial score (nSPS) is 10.0. The molecule has 6 heteroatoms. The van der Waals surface area contributed by atoms with Crippen molar-refractivity contribution in [1.82, 2.24) is 9.97 Å². The second kappa shape index (κ2) is 6.67. The fraction of sp³-hybridized carbons (Fsp3) is 0.545. The summed E-state index contributed by atoms with van der Waals surface area (Å²) in [5, 5.41) is 3.03. The van der Waals surface area contributed by atoms with E-state index in [1.54, 1.807) is 6.92 Å². The third kappa shape index (κ3) is 3.90. The summed E-state index contributed by atoms with van der Waals surface area (Å²) >= 11 is 0. The molecule has 0 bridgehead atoms. The quantitative estimate of drug-likeness (QED) is 0.576. The van der Waals surface area contributed by atoms with Crippen molar-refractivity contribution >= 4 is 17.7 Å². The molecule has 3 N–H and O–H groups in total. The monoisotopic (exact) mass is 238 g/mol. The van der Waals surface area contributed by atoms with Crippen molar-refractivity contribution in [2.24, 2.45) is 0 Å². The van der Waals surface area contributed by atoms with Crippen molar-refractivity contribution in [2.45, 2.75) is 26.7 Å². The van der Waals surface area contributed by atoms with Crippen LogP contribution in [0.3, 0.4) is 0 Å². The minimum absolute atomic E-state index is 0.137. The number of hydrogen-bond donors (Lipinski definition) is 2. The zero-order valence-corrected chi connectivity index (χ0v) is 10.2. The highest BCUT2D eigenvalue weighted by Crippen LogP contribution is 2.11. The van der Waals surface area contributed by atoms with Gasteiger partial charge in [0.1, 0.15) is 11.4 Å². The second-order valence-corrected chi connectivity index (χ2v) is 3.49. The van der Waals surface area contributed by atoms with Gasteiger partial charge in [-0.1, -0.05) is 13.3 Å². The Morgan fingerprint density at radius 3 is 2.88 bits per heavy atom. The number of carbonyl (C=O) groups is 1. The van der Waals surface area contributed by atoms with Gasteiger partial charge >= 0.3 is 5.97 Å². The van der Waals surface area contributed by atoms with Gasteiger partial charge in [0.25, 0.3) is 0 Å². The number of aromatic nitrogens is 2. The SMILES string of the molecule is CCCCNc1ncc(C(=O)OCC)c(N)n1. The summed E-state index contributed by atoms with van der Waals surface area (Å²) < 4.78 is 4.83. The van der Waals surface area contributed by atoms with E-state index in [-0.39, 0.29) is 11.4 Å². The van der Waals surface area contributed by atoms with Crippen LogP contribution < -0.4 is 11.1 Å². The van der Waals surface area contributed by atoms with Gasteiger partial charge in [-0.2, -0.15) is 4.98 Å². The molecule has 1 aromatic rings. The number of ether oxygens (including phenoxy) is 1. The molecular formula is C11H18N4O2. The Balaban J connectivity index is 2.68. The molecule has 0 aliphatic heterocycles. The van der Waals surface area contributed by atoms with Gasteiger partial charge in [0.2, 0.25) is 5.95 Å². The summed E-state index contributed by atoms with van der Waals surface area (Å²) in [6.07, 6.45) is 3.50.